The van der Waals surface area contributed by atoms with Crippen molar-refractivity contribution < 1.29 is 4.79 Å². The molecule has 0 radical (unpaired) electrons. The smallest absolute Gasteiger partial charge is 0.328 e. The molecule has 0 bridgehead atoms. The number of carbonyl (C=O) groups excluding carboxylic acids is 1. The molecule has 0 aliphatic carbocycles. The van der Waals surface area contributed by atoms with E-state index in [4.69, 9.17) is 5.84 Å². The molecule has 66 valence electrons. The van der Waals surface area contributed by atoms with Crippen molar-refractivity contribution in [1.29, 1.82) is 0 Å². The van der Waals surface area contributed by atoms with Gasteiger partial charge >= 0.3 is 6.03 Å². The fourth-order valence-electron chi connectivity index (χ4n) is 0.805. The summed E-state index contributed by atoms with van der Waals surface area (Å²) in [6, 6.07) is -0.304. The van der Waals surface area contributed by atoms with Crippen LogP contribution in [0.5, 0.6) is 0 Å². The van der Waals surface area contributed by atoms with Crippen molar-refractivity contribution in [3.05, 3.63) is 0 Å². The number of rotatable bonds is 5. The summed E-state index contributed by atoms with van der Waals surface area (Å²) in [5.74, 6) is 4.85. The Morgan fingerprint density at radius 2 is 2.09 bits per heavy atom. The highest BCUT2D eigenvalue weighted by Gasteiger charge is 1.93. The molecule has 0 unspecified atom stereocenters. The van der Waals surface area contributed by atoms with Crippen LogP contribution < -0.4 is 16.6 Å². The minimum absolute atomic E-state index is 0.304. The van der Waals surface area contributed by atoms with Gasteiger partial charge in [-0.1, -0.05) is 26.2 Å². The molecule has 4 nitrogen and oxygen atoms in total. The molecule has 4 heteroatoms. The van der Waals surface area contributed by atoms with E-state index in [-0.39, 0.29) is 6.03 Å². The van der Waals surface area contributed by atoms with Crippen LogP contribution in [0.25, 0.3) is 0 Å². The Kier molecular flexibility index (Phi) is 6.82. The molecule has 0 heterocycles. The SMILES string of the molecule is CCCCCCNC(=O)NN. The first-order valence-corrected chi connectivity index (χ1v) is 4.05. The van der Waals surface area contributed by atoms with E-state index in [0.717, 1.165) is 6.42 Å². The highest BCUT2D eigenvalue weighted by atomic mass is 16.2. The number of hydrogen-bond acceptors (Lipinski definition) is 2. The zero-order valence-electron chi connectivity index (χ0n) is 7.02. The van der Waals surface area contributed by atoms with Crippen LogP contribution in [0.4, 0.5) is 4.79 Å². The van der Waals surface area contributed by atoms with Crippen molar-refractivity contribution in [1.82, 2.24) is 10.7 Å². The number of amides is 2. The zero-order valence-corrected chi connectivity index (χ0v) is 7.02. The standard InChI is InChI=1S/C7H17N3O/c1-2-3-4-5-6-9-7(11)10-8/h2-6,8H2,1H3,(H2,9,10,11). The fraction of sp³-hybridized carbons (Fsp3) is 0.857. The van der Waals surface area contributed by atoms with Crippen LogP contribution in [0.15, 0.2) is 0 Å². The summed E-state index contributed by atoms with van der Waals surface area (Å²) in [5, 5.41) is 2.62. The number of unbranched alkanes of at least 4 members (excludes halogenated alkanes) is 3. The van der Waals surface area contributed by atoms with Crippen LogP contribution in [0.3, 0.4) is 0 Å². The minimum atomic E-state index is -0.304. The highest BCUT2D eigenvalue weighted by molar-refractivity contribution is 5.72. The van der Waals surface area contributed by atoms with Crippen molar-refractivity contribution in [3.8, 4) is 0 Å². The average Bonchev–Trinajstić information content (AvgIpc) is 2.04. The summed E-state index contributed by atoms with van der Waals surface area (Å²) in [7, 11) is 0. The first-order chi connectivity index (χ1) is 5.31. The van der Waals surface area contributed by atoms with E-state index in [1.54, 1.807) is 0 Å². The third-order valence-electron chi connectivity index (χ3n) is 1.45. The molecular weight excluding hydrogens is 142 g/mol. The van der Waals surface area contributed by atoms with Crippen molar-refractivity contribution in [2.24, 2.45) is 5.84 Å². The summed E-state index contributed by atoms with van der Waals surface area (Å²) < 4.78 is 0. The number of nitrogens with two attached hydrogens (primary N) is 1. The average molecular weight is 159 g/mol. The van der Waals surface area contributed by atoms with Gasteiger partial charge in [0.25, 0.3) is 0 Å². The van der Waals surface area contributed by atoms with E-state index in [1.807, 2.05) is 5.43 Å². The Labute approximate surface area is 67.5 Å². The third-order valence-corrected chi connectivity index (χ3v) is 1.45. The molecule has 11 heavy (non-hydrogen) atoms. The molecule has 2 amide bonds. The van der Waals surface area contributed by atoms with Crippen molar-refractivity contribution in [2.75, 3.05) is 6.54 Å². The zero-order chi connectivity index (χ0) is 8.53. The molecule has 0 fully saturated rings. The first kappa shape index (κ1) is 10.2. The molecule has 0 aromatic rings. The predicted molar refractivity (Wildman–Crippen MR) is 44.9 cm³/mol. The van der Waals surface area contributed by atoms with Gasteiger partial charge in [0.05, 0.1) is 0 Å². The highest BCUT2D eigenvalue weighted by Crippen LogP contribution is 1.96. The molecule has 0 saturated carbocycles. The molecule has 0 aliphatic rings. The van der Waals surface area contributed by atoms with Gasteiger partial charge in [0.2, 0.25) is 0 Å². The second kappa shape index (κ2) is 7.34. The Hall–Kier alpha value is -0.770. The van der Waals surface area contributed by atoms with E-state index in [2.05, 4.69) is 12.2 Å². The predicted octanol–water partition coefficient (Wildman–Crippen LogP) is 0.740. The van der Waals surface area contributed by atoms with Gasteiger partial charge in [-0.2, -0.15) is 0 Å². The fourth-order valence-corrected chi connectivity index (χ4v) is 0.805. The second-order valence-electron chi connectivity index (χ2n) is 2.46. The number of carbonyl (C=O) groups is 1. The lowest BCUT2D eigenvalue weighted by Gasteiger charge is -2.02. The summed E-state index contributed by atoms with van der Waals surface area (Å²) in [6.07, 6.45) is 4.64. The van der Waals surface area contributed by atoms with E-state index in [9.17, 15) is 4.79 Å². The summed E-state index contributed by atoms with van der Waals surface area (Å²) in [5.41, 5.74) is 2.01. The third kappa shape index (κ3) is 7.12. The number of nitrogens with one attached hydrogen (secondary N) is 2. The molecule has 0 spiro atoms. The Morgan fingerprint density at radius 1 is 1.36 bits per heavy atom. The summed E-state index contributed by atoms with van der Waals surface area (Å²) >= 11 is 0. The Morgan fingerprint density at radius 3 is 2.64 bits per heavy atom. The van der Waals surface area contributed by atoms with E-state index in [1.165, 1.54) is 19.3 Å². The monoisotopic (exact) mass is 159 g/mol. The van der Waals surface area contributed by atoms with Crippen LogP contribution in [-0.2, 0) is 0 Å². The van der Waals surface area contributed by atoms with Gasteiger partial charge in [0.15, 0.2) is 0 Å². The van der Waals surface area contributed by atoms with Gasteiger partial charge in [-0.15, -0.1) is 0 Å². The van der Waals surface area contributed by atoms with Gasteiger partial charge in [-0.05, 0) is 6.42 Å². The Balaban J connectivity index is 2.95. The van der Waals surface area contributed by atoms with Crippen LogP contribution in [0.2, 0.25) is 0 Å². The lowest BCUT2D eigenvalue weighted by molar-refractivity contribution is 0.241. The second-order valence-corrected chi connectivity index (χ2v) is 2.46. The molecule has 0 aromatic carbocycles. The molecule has 0 saturated heterocycles. The minimum Gasteiger partial charge on any atom is -0.337 e. The molecule has 0 aromatic heterocycles. The summed E-state index contributed by atoms with van der Waals surface area (Å²) in [4.78, 5) is 10.5. The van der Waals surface area contributed by atoms with Crippen LogP contribution in [0, 0.1) is 0 Å². The number of hydrazine groups is 1. The normalized spacial score (nSPS) is 9.27. The molecule has 0 rings (SSSR count). The molecule has 0 aliphatic heterocycles. The maximum atomic E-state index is 10.5. The van der Waals surface area contributed by atoms with Crippen LogP contribution in [0.1, 0.15) is 32.6 Å². The van der Waals surface area contributed by atoms with Gasteiger partial charge < -0.3 is 5.32 Å². The van der Waals surface area contributed by atoms with Gasteiger partial charge in [0, 0.05) is 6.54 Å². The summed E-state index contributed by atoms with van der Waals surface area (Å²) in [6.45, 7) is 2.86. The van der Waals surface area contributed by atoms with E-state index >= 15 is 0 Å². The molecule has 4 N–H and O–H groups in total. The molecule has 0 atom stereocenters. The van der Waals surface area contributed by atoms with E-state index < -0.39 is 0 Å². The van der Waals surface area contributed by atoms with Crippen molar-refractivity contribution >= 4 is 6.03 Å². The lowest BCUT2D eigenvalue weighted by atomic mass is 10.2. The molecular formula is C7H17N3O. The largest absolute Gasteiger partial charge is 0.337 e. The number of hydrogen-bond donors (Lipinski definition) is 3. The first-order valence-electron chi connectivity index (χ1n) is 4.05. The van der Waals surface area contributed by atoms with Gasteiger partial charge in [0.1, 0.15) is 0 Å². The van der Waals surface area contributed by atoms with Gasteiger partial charge in [-0.3, -0.25) is 5.43 Å². The van der Waals surface area contributed by atoms with Crippen LogP contribution in [-0.4, -0.2) is 12.6 Å². The van der Waals surface area contributed by atoms with Crippen molar-refractivity contribution in [3.63, 3.8) is 0 Å². The van der Waals surface area contributed by atoms with Gasteiger partial charge in [-0.25, -0.2) is 10.6 Å². The lowest BCUT2D eigenvalue weighted by Crippen LogP contribution is -2.40. The topological polar surface area (TPSA) is 67.2 Å². The maximum Gasteiger partial charge on any atom is 0.328 e. The van der Waals surface area contributed by atoms with Crippen molar-refractivity contribution in [2.45, 2.75) is 32.6 Å². The van der Waals surface area contributed by atoms with Crippen LogP contribution >= 0.6 is 0 Å². The maximum absolute atomic E-state index is 10.5. The Bertz CT molecular complexity index is 106. The quantitative estimate of drug-likeness (QED) is 0.240. The number of urea groups is 1. The van der Waals surface area contributed by atoms with E-state index in [0.29, 0.717) is 6.54 Å².